The van der Waals surface area contributed by atoms with Crippen molar-refractivity contribution in [2.45, 2.75) is 64.7 Å². The van der Waals surface area contributed by atoms with Crippen LogP contribution in [0.25, 0.3) is 11.2 Å². The largest absolute Gasteiger partial charge is 0.310 e. The molecule has 6 heteroatoms. The molecule has 2 aromatic rings. The third-order valence-corrected chi connectivity index (χ3v) is 4.80. The predicted octanol–water partition coefficient (Wildman–Crippen LogP) is 2.78. The van der Waals surface area contributed by atoms with E-state index in [4.69, 9.17) is 16.6 Å². The number of nitrogens with zero attached hydrogens (tertiary/aromatic N) is 5. The van der Waals surface area contributed by atoms with Gasteiger partial charge < -0.3 is 4.57 Å². The van der Waals surface area contributed by atoms with Gasteiger partial charge in [-0.05, 0) is 40.7 Å². The summed E-state index contributed by atoms with van der Waals surface area (Å²) in [6, 6.07) is 1.23. The first-order valence-electron chi connectivity index (χ1n) is 7.77. The number of aromatic nitrogens is 4. The first kappa shape index (κ1) is 14.9. The maximum Gasteiger partial charge on any atom is 0.159 e. The highest BCUT2D eigenvalue weighted by Crippen LogP contribution is 2.28. The van der Waals surface area contributed by atoms with Gasteiger partial charge in [-0.1, -0.05) is 0 Å². The van der Waals surface area contributed by atoms with E-state index in [2.05, 4.69) is 35.5 Å². The van der Waals surface area contributed by atoms with Crippen molar-refractivity contribution in [3.63, 3.8) is 0 Å². The second kappa shape index (κ2) is 5.61. The normalized spacial score (nSPS) is 17.0. The van der Waals surface area contributed by atoms with Crippen molar-refractivity contribution < 1.29 is 0 Å². The number of hydrogen-bond acceptors (Lipinski definition) is 3. The monoisotopic (exact) mass is 309 g/mol. The summed E-state index contributed by atoms with van der Waals surface area (Å²) in [5, 5.41) is 4.58. The van der Waals surface area contributed by atoms with Gasteiger partial charge in [-0.25, -0.2) is 9.67 Å². The van der Waals surface area contributed by atoms with Crippen molar-refractivity contribution >= 4 is 22.8 Å². The van der Waals surface area contributed by atoms with Crippen molar-refractivity contribution in [3.8, 4) is 0 Å². The van der Waals surface area contributed by atoms with E-state index < -0.39 is 0 Å². The minimum atomic E-state index is 0.442. The lowest BCUT2D eigenvalue weighted by molar-refractivity contribution is 0.225. The Morgan fingerprint density at radius 1 is 1.43 bits per heavy atom. The summed E-state index contributed by atoms with van der Waals surface area (Å²) < 4.78 is 4.30. The summed E-state index contributed by atoms with van der Waals surface area (Å²) in [6.45, 7) is 8.18. The van der Waals surface area contributed by atoms with Crippen molar-refractivity contribution in [1.82, 2.24) is 24.2 Å². The fourth-order valence-corrected chi connectivity index (χ4v) is 3.22. The maximum absolute atomic E-state index is 6.12. The van der Waals surface area contributed by atoms with Crippen LogP contribution in [-0.4, -0.2) is 43.4 Å². The molecule has 2 heterocycles. The molecule has 0 radical (unpaired) electrons. The highest BCUT2D eigenvalue weighted by Gasteiger charge is 2.30. The number of halogens is 1. The Kier molecular flexibility index (Phi) is 3.97. The van der Waals surface area contributed by atoms with Crippen LogP contribution >= 0.6 is 11.6 Å². The molecule has 0 amide bonds. The van der Waals surface area contributed by atoms with E-state index in [0.717, 1.165) is 41.8 Å². The molecule has 21 heavy (non-hydrogen) atoms. The molecule has 116 valence electrons. The molecule has 1 fully saturated rings. The Labute approximate surface area is 130 Å². The maximum atomic E-state index is 6.12. The summed E-state index contributed by atoms with van der Waals surface area (Å²) in [5.74, 6) is 1.39. The van der Waals surface area contributed by atoms with Crippen LogP contribution in [0.15, 0.2) is 0 Å². The summed E-state index contributed by atoms with van der Waals surface area (Å²) in [5.41, 5.74) is 3.09. The molecule has 0 N–H and O–H groups in total. The molecule has 0 aliphatic heterocycles. The number of hydrogen-bond donors (Lipinski definition) is 0. The second-order valence-electron chi connectivity index (χ2n) is 6.09. The van der Waals surface area contributed by atoms with E-state index in [9.17, 15) is 0 Å². The minimum absolute atomic E-state index is 0.442. The van der Waals surface area contributed by atoms with Crippen LogP contribution < -0.4 is 0 Å². The highest BCUT2D eigenvalue weighted by molar-refractivity contribution is 6.16. The van der Waals surface area contributed by atoms with E-state index in [-0.39, 0.29) is 0 Å². The van der Waals surface area contributed by atoms with E-state index in [1.807, 2.05) is 11.6 Å². The first-order valence-corrected chi connectivity index (χ1v) is 8.30. The zero-order valence-electron chi connectivity index (χ0n) is 13.3. The van der Waals surface area contributed by atoms with Gasteiger partial charge in [-0.3, -0.25) is 4.90 Å². The smallest absolute Gasteiger partial charge is 0.159 e. The van der Waals surface area contributed by atoms with Gasteiger partial charge in [0.25, 0.3) is 0 Å². The van der Waals surface area contributed by atoms with E-state index in [1.54, 1.807) is 0 Å². The molecule has 5 nitrogen and oxygen atoms in total. The Balaban J connectivity index is 1.98. The number of fused-ring (bicyclic) bond motifs is 1. The minimum Gasteiger partial charge on any atom is -0.310 e. The molecular formula is C15H24ClN5. The van der Waals surface area contributed by atoms with E-state index in [0.29, 0.717) is 11.9 Å². The molecular weight excluding hydrogens is 286 g/mol. The summed E-state index contributed by atoms with van der Waals surface area (Å²) in [6.07, 6.45) is 2.66. The highest BCUT2D eigenvalue weighted by atomic mass is 35.5. The number of alkyl halides is 1. The standard InChI is InChI=1S/C15H24ClN5/c1-5-21-15-14(11(3)18-21)17-13(8-16)20(15)9-10(2)19(4)12-6-7-12/h10,12H,5-9H2,1-4H3. The average molecular weight is 310 g/mol. The summed E-state index contributed by atoms with van der Waals surface area (Å²) in [4.78, 5) is 7.18. The fraction of sp³-hybridized carbons (Fsp3) is 0.733. The van der Waals surface area contributed by atoms with E-state index in [1.165, 1.54) is 12.8 Å². The van der Waals surface area contributed by atoms with Crippen LogP contribution in [0.5, 0.6) is 0 Å². The lowest BCUT2D eigenvalue weighted by Gasteiger charge is -2.25. The molecule has 2 aromatic heterocycles. The Morgan fingerprint density at radius 2 is 2.14 bits per heavy atom. The van der Waals surface area contributed by atoms with Gasteiger partial charge in [-0.2, -0.15) is 5.10 Å². The third kappa shape index (κ3) is 2.57. The summed E-state index contributed by atoms with van der Waals surface area (Å²) >= 11 is 6.12. The molecule has 1 atom stereocenters. The van der Waals surface area contributed by atoms with Gasteiger partial charge in [0.05, 0.1) is 11.6 Å². The number of likely N-dealkylation sites (N-methyl/N-ethyl adjacent to an activating group) is 1. The SMILES string of the molecule is CCn1nc(C)c2nc(CCl)n(CC(C)N(C)C3CC3)c21. The fourth-order valence-electron chi connectivity index (χ4n) is 3.02. The van der Waals surface area contributed by atoms with Gasteiger partial charge in [0, 0.05) is 25.2 Å². The topological polar surface area (TPSA) is 38.9 Å². The molecule has 0 spiro atoms. The zero-order valence-corrected chi connectivity index (χ0v) is 14.1. The number of rotatable bonds is 6. The Bertz CT molecular complexity index is 640. The molecule has 1 aliphatic carbocycles. The first-order chi connectivity index (χ1) is 10.1. The molecule has 0 bridgehead atoms. The molecule has 1 aliphatic rings. The van der Waals surface area contributed by atoms with Gasteiger partial charge in [0.2, 0.25) is 0 Å². The molecule has 0 saturated heterocycles. The quantitative estimate of drug-likeness (QED) is 0.770. The lowest BCUT2D eigenvalue weighted by Crippen LogP contribution is -2.35. The molecule has 1 unspecified atom stereocenters. The van der Waals surface area contributed by atoms with Gasteiger partial charge in [0.15, 0.2) is 5.65 Å². The van der Waals surface area contributed by atoms with Crippen LogP contribution in [0.2, 0.25) is 0 Å². The van der Waals surface area contributed by atoms with Crippen LogP contribution in [0.4, 0.5) is 0 Å². The van der Waals surface area contributed by atoms with Crippen LogP contribution in [0.1, 0.15) is 38.2 Å². The van der Waals surface area contributed by atoms with Crippen molar-refractivity contribution in [1.29, 1.82) is 0 Å². The Hall–Kier alpha value is -1.07. The lowest BCUT2D eigenvalue weighted by atomic mass is 10.3. The summed E-state index contributed by atoms with van der Waals surface area (Å²) in [7, 11) is 2.22. The third-order valence-electron chi connectivity index (χ3n) is 4.56. The van der Waals surface area contributed by atoms with Gasteiger partial charge >= 0.3 is 0 Å². The van der Waals surface area contributed by atoms with Crippen molar-refractivity contribution in [3.05, 3.63) is 11.5 Å². The second-order valence-corrected chi connectivity index (χ2v) is 6.36. The van der Waals surface area contributed by atoms with Crippen molar-refractivity contribution in [2.75, 3.05) is 7.05 Å². The van der Waals surface area contributed by atoms with Crippen LogP contribution in [0, 0.1) is 6.92 Å². The average Bonchev–Trinajstić information content (AvgIpc) is 3.19. The number of aryl methyl sites for hydroxylation is 2. The van der Waals surface area contributed by atoms with Crippen LogP contribution in [0.3, 0.4) is 0 Å². The van der Waals surface area contributed by atoms with Crippen molar-refractivity contribution in [2.24, 2.45) is 0 Å². The molecule has 0 aromatic carbocycles. The van der Waals surface area contributed by atoms with Gasteiger partial charge in [-0.15, -0.1) is 11.6 Å². The predicted molar refractivity (Wildman–Crippen MR) is 85.7 cm³/mol. The van der Waals surface area contributed by atoms with E-state index >= 15 is 0 Å². The van der Waals surface area contributed by atoms with Crippen LogP contribution in [-0.2, 0) is 19.0 Å². The number of imidazole rings is 1. The Morgan fingerprint density at radius 3 is 2.71 bits per heavy atom. The molecule has 3 rings (SSSR count). The molecule has 1 saturated carbocycles. The zero-order chi connectivity index (χ0) is 15.1. The van der Waals surface area contributed by atoms with Gasteiger partial charge in [0.1, 0.15) is 11.3 Å².